The van der Waals surface area contributed by atoms with Crippen molar-refractivity contribution in [3.05, 3.63) is 27.5 Å². The number of carbonyl (C=O) groups is 1. The number of rotatable bonds is 7. The highest BCUT2D eigenvalue weighted by Gasteiger charge is 2.20. The van der Waals surface area contributed by atoms with E-state index in [1.165, 1.54) is 10.6 Å². The average molecular weight is 280 g/mol. The number of unbranched alkanes of at least 4 members (excludes halogenated alkanes) is 2. The number of amides is 1. The molecule has 0 aromatic carbocycles. The number of aryl methyl sites for hydroxylation is 1. The van der Waals surface area contributed by atoms with E-state index < -0.39 is 11.5 Å². The van der Waals surface area contributed by atoms with Gasteiger partial charge < -0.3 is 10.8 Å². The number of carbonyl (C=O) groups excluding carboxylic acids is 1. The molecule has 0 bridgehead atoms. The predicted molar refractivity (Wildman–Crippen MR) is 79.1 cm³/mol. The van der Waals surface area contributed by atoms with Gasteiger partial charge in [-0.25, -0.2) is 0 Å². The van der Waals surface area contributed by atoms with Crippen LogP contribution in [0.25, 0.3) is 0 Å². The van der Waals surface area contributed by atoms with E-state index in [0.717, 1.165) is 32.1 Å². The maximum atomic E-state index is 12.4. The first-order chi connectivity index (χ1) is 9.43. The minimum absolute atomic E-state index is 0.0308. The standard InChI is InChI=1S/C15H24N2O3/c1-4-6-7-8-11(5-2)17-12(18)9-10(3)13(14(16)19)15(17)20/h9,11,18H,4-8H2,1-3H3,(H2,16,19). The van der Waals surface area contributed by atoms with Gasteiger partial charge in [0.05, 0.1) is 0 Å². The second-order valence-electron chi connectivity index (χ2n) is 5.16. The second kappa shape index (κ2) is 7.12. The van der Waals surface area contributed by atoms with Crippen molar-refractivity contribution >= 4 is 5.91 Å². The first kappa shape index (κ1) is 16.3. The number of primary amides is 1. The molecular weight excluding hydrogens is 256 g/mol. The molecule has 1 aromatic heterocycles. The maximum absolute atomic E-state index is 12.4. The Kier molecular flexibility index (Phi) is 5.80. The molecule has 112 valence electrons. The van der Waals surface area contributed by atoms with Crippen LogP contribution in [0.15, 0.2) is 10.9 Å². The molecule has 1 amide bonds. The normalized spacial score (nSPS) is 12.3. The van der Waals surface area contributed by atoms with Crippen LogP contribution in [0.5, 0.6) is 5.88 Å². The summed E-state index contributed by atoms with van der Waals surface area (Å²) in [4.78, 5) is 23.8. The Morgan fingerprint density at radius 3 is 2.55 bits per heavy atom. The van der Waals surface area contributed by atoms with Gasteiger partial charge in [0, 0.05) is 12.1 Å². The number of aromatic hydroxyl groups is 1. The predicted octanol–water partition coefficient (Wildman–Crippen LogP) is 2.49. The Balaban J connectivity index is 3.25. The molecular formula is C15H24N2O3. The van der Waals surface area contributed by atoms with Crippen LogP contribution in [-0.2, 0) is 0 Å². The summed E-state index contributed by atoms with van der Waals surface area (Å²) in [6.07, 6.45) is 4.69. The third kappa shape index (κ3) is 3.40. The van der Waals surface area contributed by atoms with Crippen LogP contribution in [0, 0.1) is 6.92 Å². The van der Waals surface area contributed by atoms with Gasteiger partial charge in [0.15, 0.2) is 5.88 Å². The van der Waals surface area contributed by atoms with Gasteiger partial charge in [-0.3, -0.25) is 14.2 Å². The van der Waals surface area contributed by atoms with Gasteiger partial charge in [-0.05, 0) is 25.3 Å². The zero-order valence-corrected chi connectivity index (χ0v) is 12.5. The molecule has 0 saturated heterocycles. The van der Waals surface area contributed by atoms with Crippen molar-refractivity contribution in [3.63, 3.8) is 0 Å². The summed E-state index contributed by atoms with van der Waals surface area (Å²) in [7, 11) is 0. The molecule has 0 aliphatic heterocycles. The van der Waals surface area contributed by atoms with E-state index in [4.69, 9.17) is 5.73 Å². The molecule has 0 aliphatic carbocycles. The van der Waals surface area contributed by atoms with Gasteiger partial charge in [0.25, 0.3) is 11.5 Å². The summed E-state index contributed by atoms with van der Waals surface area (Å²) in [5.41, 5.74) is 5.16. The van der Waals surface area contributed by atoms with Crippen LogP contribution in [0.4, 0.5) is 0 Å². The maximum Gasteiger partial charge on any atom is 0.266 e. The first-order valence-corrected chi connectivity index (χ1v) is 7.18. The number of hydrogen-bond donors (Lipinski definition) is 2. The van der Waals surface area contributed by atoms with Gasteiger partial charge in [-0.2, -0.15) is 0 Å². The molecule has 0 radical (unpaired) electrons. The number of nitrogens with two attached hydrogens (primary N) is 1. The lowest BCUT2D eigenvalue weighted by molar-refractivity contribution is 0.0997. The molecule has 1 unspecified atom stereocenters. The summed E-state index contributed by atoms with van der Waals surface area (Å²) in [6, 6.07) is 1.33. The molecule has 1 aromatic rings. The molecule has 1 rings (SSSR count). The van der Waals surface area contributed by atoms with Gasteiger partial charge in [0.1, 0.15) is 5.56 Å². The van der Waals surface area contributed by atoms with E-state index in [0.29, 0.717) is 5.56 Å². The van der Waals surface area contributed by atoms with E-state index >= 15 is 0 Å². The molecule has 0 spiro atoms. The Morgan fingerprint density at radius 1 is 1.40 bits per heavy atom. The Hall–Kier alpha value is -1.78. The van der Waals surface area contributed by atoms with Gasteiger partial charge in [-0.15, -0.1) is 0 Å². The third-order valence-corrected chi connectivity index (χ3v) is 3.64. The molecule has 1 atom stereocenters. The highest BCUT2D eigenvalue weighted by atomic mass is 16.3. The van der Waals surface area contributed by atoms with Crippen molar-refractivity contribution in [2.45, 2.75) is 58.9 Å². The largest absolute Gasteiger partial charge is 0.494 e. The van der Waals surface area contributed by atoms with E-state index in [-0.39, 0.29) is 17.5 Å². The van der Waals surface area contributed by atoms with Gasteiger partial charge in [0.2, 0.25) is 0 Å². The smallest absolute Gasteiger partial charge is 0.266 e. The number of hydrogen-bond acceptors (Lipinski definition) is 3. The van der Waals surface area contributed by atoms with Crippen molar-refractivity contribution in [2.75, 3.05) is 0 Å². The van der Waals surface area contributed by atoms with Crippen LogP contribution in [0.1, 0.15) is 67.9 Å². The fraction of sp³-hybridized carbons (Fsp3) is 0.600. The minimum Gasteiger partial charge on any atom is -0.494 e. The van der Waals surface area contributed by atoms with Crippen molar-refractivity contribution < 1.29 is 9.90 Å². The van der Waals surface area contributed by atoms with Crippen LogP contribution in [0.2, 0.25) is 0 Å². The van der Waals surface area contributed by atoms with Crippen LogP contribution in [0.3, 0.4) is 0 Å². The average Bonchev–Trinajstić information content (AvgIpc) is 2.35. The molecule has 1 heterocycles. The van der Waals surface area contributed by atoms with Gasteiger partial charge >= 0.3 is 0 Å². The van der Waals surface area contributed by atoms with Crippen molar-refractivity contribution in [1.82, 2.24) is 4.57 Å². The van der Waals surface area contributed by atoms with Gasteiger partial charge in [-0.1, -0.05) is 33.1 Å². The minimum atomic E-state index is -0.746. The fourth-order valence-corrected chi connectivity index (χ4v) is 2.53. The lowest BCUT2D eigenvalue weighted by atomic mass is 10.0. The lowest BCUT2D eigenvalue weighted by Gasteiger charge is -2.21. The van der Waals surface area contributed by atoms with Crippen molar-refractivity contribution in [3.8, 4) is 5.88 Å². The van der Waals surface area contributed by atoms with E-state index in [9.17, 15) is 14.7 Å². The van der Waals surface area contributed by atoms with E-state index in [2.05, 4.69) is 6.92 Å². The zero-order chi connectivity index (χ0) is 15.3. The fourth-order valence-electron chi connectivity index (χ4n) is 2.53. The molecule has 5 heteroatoms. The van der Waals surface area contributed by atoms with Crippen LogP contribution >= 0.6 is 0 Å². The van der Waals surface area contributed by atoms with Crippen molar-refractivity contribution in [2.24, 2.45) is 5.73 Å². The Labute approximate surface area is 119 Å². The second-order valence-corrected chi connectivity index (χ2v) is 5.16. The summed E-state index contributed by atoms with van der Waals surface area (Å²) < 4.78 is 1.31. The monoisotopic (exact) mass is 280 g/mol. The zero-order valence-electron chi connectivity index (χ0n) is 12.5. The van der Waals surface area contributed by atoms with Crippen LogP contribution in [-0.4, -0.2) is 15.6 Å². The number of aromatic nitrogens is 1. The van der Waals surface area contributed by atoms with Crippen LogP contribution < -0.4 is 11.3 Å². The molecule has 5 nitrogen and oxygen atoms in total. The molecule has 0 aliphatic rings. The summed E-state index contributed by atoms with van der Waals surface area (Å²) in [5.74, 6) is -0.842. The number of nitrogens with zero attached hydrogens (tertiary/aromatic N) is 1. The van der Waals surface area contributed by atoms with E-state index in [1.54, 1.807) is 6.92 Å². The third-order valence-electron chi connectivity index (χ3n) is 3.64. The lowest BCUT2D eigenvalue weighted by Crippen LogP contribution is -2.33. The molecule has 3 N–H and O–H groups in total. The SMILES string of the molecule is CCCCCC(CC)n1c(O)cc(C)c(C(N)=O)c1=O. The van der Waals surface area contributed by atoms with E-state index in [1.807, 2.05) is 6.92 Å². The summed E-state index contributed by atoms with van der Waals surface area (Å²) >= 11 is 0. The Morgan fingerprint density at radius 2 is 2.05 bits per heavy atom. The highest BCUT2D eigenvalue weighted by molar-refractivity contribution is 5.93. The topological polar surface area (TPSA) is 85.3 Å². The number of pyridine rings is 1. The molecule has 0 fully saturated rings. The molecule has 0 saturated carbocycles. The van der Waals surface area contributed by atoms with Crippen molar-refractivity contribution in [1.29, 1.82) is 0 Å². The molecule has 20 heavy (non-hydrogen) atoms. The summed E-state index contributed by atoms with van der Waals surface area (Å²) in [6.45, 7) is 5.68. The first-order valence-electron chi connectivity index (χ1n) is 7.18. The Bertz CT molecular complexity index is 535. The summed E-state index contributed by atoms with van der Waals surface area (Å²) in [5, 5.41) is 10.0. The highest BCUT2D eigenvalue weighted by Crippen LogP contribution is 2.24. The quantitative estimate of drug-likeness (QED) is 0.752.